The number of rotatable bonds is 68. The summed E-state index contributed by atoms with van der Waals surface area (Å²) < 4.78 is 19.2. The Kier molecular flexibility index (Phi) is 61.5. The Morgan fingerprint density at radius 1 is 0.432 bits per heavy atom. The van der Waals surface area contributed by atoms with Gasteiger partial charge >= 0.3 is 38.0 Å². The number of carbonyl (C=O) groups excluding carboxylic acids is 7. The summed E-state index contributed by atoms with van der Waals surface area (Å²) >= 11 is 0. The summed E-state index contributed by atoms with van der Waals surface area (Å²) in [5.41, 5.74) is 25.4. The monoisotopic (exact) mass is 1560 g/mol. The van der Waals surface area contributed by atoms with Gasteiger partial charge < -0.3 is 71.7 Å². The van der Waals surface area contributed by atoms with E-state index >= 15 is 0 Å². The van der Waals surface area contributed by atoms with Crippen molar-refractivity contribution < 1.29 is 76.9 Å². The van der Waals surface area contributed by atoms with Crippen LogP contribution in [0, 0.1) is 0 Å². The minimum absolute atomic E-state index is 0.0138. The molecule has 0 bridgehead atoms. The lowest BCUT2D eigenvalue weighted by molar-refractivity contribution is -0.446. The molecule has 0 unspecified atom stereocenters. The predicted molar refractivity (Wildman–Crippen MR) is 447 cm³/mol. The van der Waals surface area contributed by atoms with Crippen molar-refractivity contribution in [3.8, 4) is 0 Å². The van der Waals surface area contributed by atoms with Crippen LogP contribution in [0.25, 0.3) is 0 Å². The zero-order valence-corrected chi connectivity index (χ0v) is 69.2. The number of esters is 1. The number of anilines is 2. The van der Waals surface area contributed by atoms with Gasteiger partial charge in [0.15, 0.2) is 0 Å². The number of benzene rings is 2. The van der Waals surface area contributed by atoms with E-state index in [2.05, 4.69) is 56.2 Å². The predicted octanol–water partition coefficient (Wildman–Crippen LogP) is 10.9. The van der Waals surface area contributed by atoms with Gasteiger partial charge in [-0.05, 0) is 115 Å². The van der Waals surface area contributed by atoms with Crippen LogP contribution in [0.3, 0.4) is 0 Å². The summed E-state index contributed by atoms with van der Waals surface area (Å²) in [6.07, 6.45) is 45.0. The molecule has 111 heavy (non-hydrogen) atoms. The topological polar surface area (TPSA) is 431 Å². The van der Waals surface area contributed by atoms with Gasteiger partial charge in [-0.25, -0.2) is 18.7 Å². The highest BCUT2D eigenvalue weighted by Crippen LogP contribution is 2.28. The number of guanidine groups is 2. The summed E-state index contributed by atoms with van der Waals surface area (Å²) in [6, 6.07) is 7.40. The summed E-state index contributed by atoms with van der Waals surface area (Å²) in [6.45, 7) is 13.5. The number of hydrogen-bond donors (Lipinski definition) is 15. The van der Waals surface area contributed by atoms with Gasteiger partial charge in [0, 0.05) is 39.8 Å². The smallest absolute Gasteiger partial charge is 0.373 e. The van der Waals surface area contributed by atoms with Gasteiger partial charge in [-0.2, -0.15) is 0 Å². The first-order valence-electron chi connectivity index (χ1n) is 42.0. The number of nitrogens with one attached hydrogen (secondary N) is 8. The average molecular weight is 1560 g/mol. The third-order valence-electron chi connectivity index (χ3n) is 19.0. The van der Waals surface area contributed by atoms with E-state index in [-0.39, 0.29) is 117 Å². The highest BCUT2D eigenvalue weighted by Gasteiger charge is 2.24. The molecule has 0 fully saturated rings. The summed E-state index contributed by atoms with van der Waals surface area (Å²) in [5, 5.41) is 51.4. The standard InChI is InChI=1S/C41H74BN7O7.C40H72BN7O7/c1-5-6-7-8-9-10-11-12-13-14-15-16-17-18-19-21-27-45-39(52)36(23-20-22-28-46-42(3)54)48-38(51)26-30-56-31-29-49(41(43)44)37-32-34(40(53)55-4)24-25-35(37)47-33(2)50;1-4-5-6-7-8-9-10-11-12-13-14-15-16-17-18-20-26-44-38(51)35(22-19-21-27-45-41(3)54)47-37(50)25-29-55-30-28-48(40(42)43)36-31-33(39(52)53)23-24-34(36)46-32(2)49/h24-25,32,36,46,54H,5-23,26-31H2,1-4H3,(H6,43,44,45,47,48,50,51,52,53);23-24,31,35,45,54H,4-22,25-30H2,1-3H3,(H7,42,43,44,46,47,49,50,51,52,53)/p+2/t36-;35-/m00/s1. The van der Waals surface area contributed by atoms with E-state index in [0.29, 0.717) is 68.9 Å². The molecule has 2 atom stereocenters. The van der Waals surface area contributed by atoms with Crippen LogP contribution in [0.2, 0.25) is 13.6 Å². The van der Waals surface area contributed by atoms with Crippen molar-refractivity contribution in [2.45, 2.75) is 310 Å². The van der Waals surface area contributed by atoms with Gasteiger partial charge in [0.05, 0.1) is 69.1 Å². The molecule has 19 N–H and O–H groups in total. The lowest BCUT2D eigenvalue weighted by Crippen LogP contribution is -2.47. The van der Waals surface area contributed by atoms with E-state index < -0.39 is 38.1 Å². The fraction of sp³-hybridized carbons (Fsp3) is 0.728. The lowest BCUT2D eigenvalue weighted by atomic mass is 9.89. The molecule has 6 amide bonds. The van der Waals surface area contributed by atoms with Crippen LogP contribution >= 0.6 is 0 Å². The third kappa shape index (κ3) is 54.1. The van der Waals surface area contributed by atoms with Gasteiger partial charge in [0.25, 0.3) is 0 Å². The SMILES string of the molecule is CCCCCCCCCCCCCCCCCCNC(=O)[C@H](CCCCNB(C)O)NC(=O)CCOCC[N+](=C(N)N)c1cc(C(=O)O)ccc1NC(C)=O.CCCCCCCCCCCCCCCCCCNC(=O)[C@H](CCCCNB(C)O)NC(=O)CCOCC[N+](=C(N)N)c1cc(C(=O)OC)ccc1NC(C)=O. The Morgan fingerprint density at radius 2 is 0.739 bits per heavy atom. The number of methoxy groups -OCH3 is 1. The van der Waals surface area contributed by atoms with Gasteiger partial charge in [0.2, 0.25) is 35.4 Å². The minimum atomic E-state index is -1.16. The quantitative estimate of drug-likeness (QED) is 0.00730. The first kappa shape index (κ1) is 102. The van der Waals surface area contributed by atoms with Crippen LogP contribution < -0.4 is 65.3 Å². The second-order valence-electron chi connectivity index (χ2n) is 29.2. The number of hydrogen-bond acceptors (Lipinski definition) is 15. The molecule has 0 heterocycles. The Hall–Kier alpha value is -7.37. The maximum atomic E-state index is 13.1. The van der Waals surface area contributed by atoms with E-state index in [1.54, 1.807) is 19.7 Å². The third-order valence-corrected chi connectivity index (χ3v) is 19.0. The van der Waals surface area contributed by atoms with E-state index in [1.165, 1.54) is 227 Å². The van der Waals surface area contributed by atoms with E-state index in [9.17, 15) is 53.5 Å². The summed E-state index contributed by atoms with van der Waals surface area (Å²) in [4.78, 5) is 99.3. The normalized spacial score (nSPS) is 11.5. The first-order valence-corrected chi connectivity index (χ1v) is 42.0. The molecule has 0 radical (unpaired) electrons. The molecule has 0 aliphatic carbocycles. The van der Waals surface area contributed by atoms with Crippen molar-refractivity contribution in [2.75, 3.05) is 83.4 Å². The zero-order valence-electron chi connectivity index (χ0n) is 69.2. The number of nitrogens with zero attached hydrogens (tertiary/aromatic N) is 2. The molecular weight excluding hydrogens is 1410 g/mol. The van der Waals surface area contributed by atoms with Crippen LogP contribution in [0.4, 0.5) is 22.7 Å². The number of ether oxygens (including phenoxy) is 3. The Bertz CT molecular complexity index is 2960. The average Bonchev–Trinajstić information content (AvgIpc) is 0.823. The van der Waals surface area contributed by atoms with Gasteiger partial charge in [-0.3, -0.25) is 51.7 Å². The molecule has 630 valence electrons. The van der Waals surface area contributed by atoms with E-state index in [1.807, 2.05) is 0 Å². The lowest BCUT2D eigenvalue weighted by Gasteiger charge is -2.19. The van der Waals surface area contributed by atoms with Crippen molar-refractivity contribution in [2.24, 2.45) is 22.9 Å². The molecule has 2 aromatic carbocycles. The van der Waals surface area contributed by atoms with Crippen molar-refractivity contribution in [1.82, 2.24) is 31.7 Å². The molecule has 2 aromatic rings. The number of carboxylic acids is 1. The van der Waals surface area contributed by atoms with Crippen molar-refractivity contribution in [3.05, 3.63) is 47.5 Å². The first-order chi connectivity index (χ1) is 53.4. The van der Waals surface area contributed by atoms with Crippen molar-refractivity contribution >= 4 is 96.2 Å². The van der Waals surface area contributed by atoms with Gasteiger partial charge in [0.1, 0.15) is 23.5 Å². The van der Waals surface area contributed by atoms with Crippen LogP contribution in [0.5, 0.6) is 0 Å². The number of carbonyl (C=O) groups is 8. The Balaban J connectivity index is 0.00000111. The van der Waals surface area contributed by atoms with Crippen LogP contribution in [0.1, 0.15) is 305 Å². The Labute approximate surface area is 665 Å². The van der Waals surface area contributed by atoms with Crippen molar-refractivity contribution in [3.63, 3.8) is 0 Å². The number of amides is 6. The molecule has 0 saturated carbocycles. The van der Waals surface area contributed by atoms with Crippen molar-refractivity contribution in [1.29, 1.82) is 0 Å². The highest BCUT2D eigenvalue weighted by molar-refractivity contribution is 6.45. The molecule has 28 nitrogen and oxygen atoms in total. The number of nitrogens with two attached hydrogens (primary N) is 4. The fourth-order valence-electron chi connectivity index (χ4n) is 12.8. The molecule has 0 aliphatic rings. The molecule has 0 spiro atoms. The molecule has 30 heteroatoms. The maximum absolute atomic E-state index is 13.1. The number of carboxylic acid groups (broad SMARTS) is 1. The zero-order chi connectivity index (χ0) is 82.1. The molecule has 0 aromatic heterocycles. The van der Waals surface area contributed by atoms with Gasteiger partial charge in [-0.1, -0.05) is 206 Å². The molecular formula is C81H148B2N14O14+2. The second kappa shape index (κ2) is 67.2. The van der Waals surface area contributed by atoms with Crippen LogP contribution in [-0.2, 0) is 43.0 Å². The molecule has 0 saturated heterocycles. The number of aromatic carboxylic acids is 1. The largest absolute Gasteiger partial charge is 0.478 e. The summed E-state index contributed by atoms with van der Waals surface area (Å²) in [7, 11) is 0.0475. The fourth-order valence-corrected chi connectivity index (χ4v) is 12.8. The molecule has 2 rings (SSSR count). The molecule has 0 aliphatic heterocycles. The van der Waals surface area contributed by atoms with E-state index in [4.69, 9.17) is 37.1 Å². The van der Waals surface area contributed by atoms with E-state index in [0.717, 1.165) is 51.4 Å². The van der Waals surface area contributed by atoms with Crippen LogP contribution in [0.15, 0.2) is 36.4 Å². The minimum Gasteiger partial charge on any atom is -0.478 e. The summed E-state index contributed by atoms with van der Waals surface area (Å²) in [5.74, 6) is -3.66. The maximum Gasteiger partial charge on any atom is 0.373 e. The van der Waals surface area contributed by atoms with Gasteiger partial charge in [-0.15, -0.1) is 0 Å². The Morgan fingerprint density at radius 3 is 1.04 bits per heavy atom. The second-order valence-corrected chi connectivity index (χ2v) is 29.2. The highest BCUT2D eigenvalue weighted by atomic mass is 16.5. The number of unbranched alkanes of at least 4 members (excludes halogenated alkanes) is 32. The van der Waals surface area contributed by atoms with Crippen LogP contribution in [-0.4, -0.2) is 183 Å².